The van der Waals surface area contributed by atoms with Crippen LogP contribution in [0.25, 0.3) is 0 Å². The number of nitrogens with zero attached hydrogens (tertiary/aromatic N) is 2. The minimum absolute atomic E-state index is 0.0588. The lowest BCUT2D eigenvalue weighted by Gasteiger charge is -2.25. The van der Waals surface area contributed by atoms with Crippen LogP contribution in [-0.2, 0) is 0 Å². The standard InChI is InChI=1S/C18H22N2O3S/c1-11-16(23-17(19-11)12-6-7-12)18(22)20-8-2-4-13(20)10-14(21)15-5-3-9-24-15/h3,5,9,12-14,21H,2,4,6-8,10H2,1H3/t13-,14+/m0/s1. The van der Waals surface area contributed by atoms with Gasteiger partial charge < -0.3 is 14.4 Å². The van der Waals surface area contributed by atoms with Gasteiger partial charge in [-0.15, -0.1) is 11.3 Å². The van der Waals surface area contributed by atoms with E-state index in [1.54, 1.807) is 11.3 Å². The number of carbonyl (C=O) groups excluding carboxylic acids is 1. The SMILES string of the molecule is Cc1nc(C2CC2)oc1C(=O)N1CCC[C@H]1C[C@@H](O)c1cccs1. The van der Waals surface area contributed by atoms with Crippen LogP contribution in [0.5, 0.6) is 0 Å². The van der Waals surface area contributed by atoms with Gasteiger partial charge in [0.2, 0.25) is 5.76 Å². The Morgan fingerprint density at radius 1 is 1.50 bits per heavy atom. The van der Waals surface area contributed by atoms with Crippen molar-refractivity contribution in [3.63, 3.8) is 0 Å². The maximum atomic E-state index is 12.9. The number of thiophene rings is 1. The number of carbonyl (C=O) groups is 1. The van der Waals surface area contributed by atoms with E-state index in [1.807, 2.05) is 29.3 Å². The Labute approximate surface area is 145 Å². The van der Waals surface area contributed by atoms with Crippen LogP contribution in [0.4, 0.5) is 0 Å². The predicted octanol–water partition coefficient (Wildman–Crippen LogP) is 3.65. The maximum Gasteiger partial charge on any atom is 0.291 e. The van der Waals surface area contributed by atoms with Gasteiger partial charge in [-0.2, -0.15) is 0 Å². The second-order valence-electron chi connectivity index (χ2n) is 6.80. The number of likely N-dealkylation sites (tertiary alicyclic amines) is 1. The molecule has 24 heavy (non-hydrogen) atoms. The fourth-order valence-corrected chi connectivity index (χ4v) is 4.18. The molecule has 1 aliphatic heterocycles. The van der Waals surface area contributed by atoms with Crippen molar-refractivity contribution < 1.29 is 14.3 Å². The third kappa shape index (κ3) is 3.00. The summed E-state index contributed by atoms with van der Waals surface area (Å²) in [6.45, 7) is 2.56. The predicted molar refractivity (Wildman–Crippen MR) is 91.2 cm³/mol. The van der Waals surface area contributed by atoms with Crippen LogP contribution in [0.1, 0.15) is 71.1 Å². The van der Waals surface area contributed by atoms with Gasteiger partial charge in [-0.05, 0) is 50.5 Å². The van der Waals surface area contributed by atoms with E-state index in [2.05, 4.69) is 4.98 Å². The summed E-state index contributed by atoms with van der Waals surface area (Å²) >= 11 is 1.55. The fourth-order valence-electron chi connectivity index (χ4n) is 3.45. The maximum absolute atomic E-state index is 12.9. The zero-order valence-corrected chi connectivity index (χ0v) is 14.6. The third-order valence-corrected chi connectivity index (χ3v) is 5.91. The summed E-state index contributed by atoms with van der Waals surface area (Å²) in [6, 6.07) is 3.94. The molecule has 1 aliphatic carbocycles. The van der Waals surface area contributed by atoms with Crippen molar-refractivity contribution in [3.8, 4) is 0 Å². The van der Waals surface area contributed by atoms with Crippen molar-refractivity contribution in [3.05, 3.63) is 39.7 Å². The molecule has 6 heteroatoms. The fraction of sp³-hybridized carbons (Fsp3) is 0.556. The van der Waals surface area contributed by atoms with Crippen LogP contribution >= 0.6 is 11.3 Å². The van der Waals surface area contributed by atoms with E-state index in [0.717, 1.165) is 37.1 Å². The number of aliphatic hydroxyl groups excluding tert-OH is 1. The monoisotopic (exact) mass is 346 g/mol. The summed E-state index contributed by atoms with van der Waals surface area (Å²) in [4.78, 5) is 20.2. The van der Waals surface area contributed by atoms with Gasteiger partial charge in [0, 0.05) is 23.4 Å². The number of aromatic nitrogens is 1. The zero-order valence-electron chi connectivity index (χ0n) is 13.8. The first kappa shape index (κ1) is 15.8. The summed E-state index contributed by atoms with van der Waals surface area (Å²) in [5.41, 5.74) is 0.686. The molecule has 4 rings (SSSR count). The number of hydrogen-bond donors (Lipinski definition) is 1. The van der Waals surface area contributed by atoms with Crippen molar-refractivity contribution in [2.75, 3.05) is 6.54 Å². The molecule has 0 aromatic carbocycles. The average molecular weight is 346 g/mol. The van der Waals surface area contributed by atoms with E-state index in [-0.39, 0.29) is 11.9 Å². The molecular formula is C18H22N2O3S. The van der Waals surface area contributed by atoms with Gasteiger partial charge in [0.25, 0.3) is 5.91 Å². The Hall–Kier alpha value is -1.66. The van der Waals surface area contributed by atoms with Crippen LogP contribution in [0.2, 0.25) is 0 Å². The average Bonchev–Trinajstić information content (AvgIpc) is 2.99. The van der Waals surface area contributed by atoms with Crippen molar-refractivity contribution >= 4 is 17.2 Å². The first-order chi connectivity index (χ1) is 11.6. The Bertz CT molecular complexity index is 721. The smallest absolute Gasteiger partial charge is 0.291 e. The van der Waals surface area contributed by atoms with Gasteiger partial charge in [-0.1, -0.05) is 6.07 Å². The summed E-state index contributed by atoms with van der Waals surface area (Å²) in [5, 5.41) is 12.4. The summed E-state index contributed by atoms with van der Waals surface area (Å²) < 4.78 is 5.78. The van der Waals surface area contributed by atoms with Gasteiger partial charge >= 0.3 is 0 Å². The van der Waals surface area contributed by atoms with E-state index in [4.69, 9.17) is 4.42 Å². The van der Waals surface area contributed by atoms with E-state index >= 15 is 0 Å². The van der Waals surface area contributed by atoms with Crippen LogP contribution in [0.3, 0.4) is 0 Å². The van der Waals surface area contributed by atoms with Gasteiger partial charge in [0.15, 0.2) is 5.89 Å². The number of aryl methyl sites for hydroxylation is 1. The lowest BCUT2D eigenvalue weighted by atomic mass is 10.1. The molecule has 2 atom stereocenters. The minimum atomic E-state index is -0.513. The van der Waals surface area contributed by atoms with E-state index in [0.29, 0.717) is 29.7 Å². The van der Waals surface area contributed by atoms with Gasteiger partial charge in [0.1, 0.15) is 0 Å². The highest BCUT2D eigenvalue weighted by Gasteiger charge is 2.36. The first-order valence-electron chi connectivity index (χ1n) is 8.63. The quantitative estimate of drug-likeness (QED) is 0.897. The molecule has 3 heterocycles. The number of oxazole rings is 1. The van der Waals surface area contributed by atoms with Gasteiger partial charge in [-0.25, -0.2) is 4.98 Å². The van der Waals surface area contributed by atoms with Gasteiger partial charge in [0.05, 0.1) is 11.8 Å². The van der Waals surface area contributed by atoms with E-state index in [1.165, 1.54) is 0 Å². The van der Waals surface area contributed by atoms with Crippen molar-refractivity contribution in [1.29, 1.82) is 0 Å². The minimum Gasteiger partial charge on any atom is -0.435 e. The molecule has 2 aromatic rings. The molecule has 5 nitrogen and oxygen atoms in total. The Kier molecular flexibility index (Phi) is 4.18. The Morgan fingerprint density at radius 2 is 2.33 bits per heavy atom. The molecule has 1 saturated carbocycles. The highest BCUT2D eigenvalue weighted by Crippen LogP contribution is 2.40. The van der Waals surface area contributed by atoms with Crippen LogP contribution in [0, 0.1) is 6.92 Å². The second kappa shape index (κ2) is 6.33. The Morgan fingerprint density at radius 3 is 3.04 bits per heavy atom. The third-order valence-electron chi connectivity index (χ3n) is 4.94. The molecule has 2 fully saturated rings. The first-order valence-corrected chi connectivity index (χ1v) is 9.51. The molecule has 1 saturated heterocycles. The molecule has 0 radical (unpaired) electrons. The molecule has 2 aromatic heterocycles. The molecular weight excluding hydrogens is 324 g/mol. The summed E-state index contributed by atoms with van der Waals surface area (Å²) in [5.74, 6) is 1.42. The number of amides is 1. The molecule has 1 amide bonds. The van der Waals surface area contributed by atoms with Crippen LogP contribution < -0.4 is 0 Å². The topological polar surface area (TPSA) is 66.6 Å². The molecule has 128 valence electrons. The van der Waals surface area contributed by atoms with E-state index < -0.39 is 6.10 Å². The lowest BCUT2D eigenvalue weighted by molar-refractivity contribution is 0.0637. The summed E-state index contributed by atoms with van der Waals surface area (Å²) in [7, 11) is 0. The Balaban J connectivity index is 1.48. The lowest BCUT2D eigenvalue weighted by Crippen LogP contribution is -2.36. The normalized spacial score (nSPS) is 22.1. The highest BCUT2D eigenvalue weighted by molar-refractivity contribution is 7.10. The number of hydrogen-bond acceptors (Lipinski definition) is 5. The van der Waals surface area contributed by atoms with Crippen LogP contribution in [0.15, 0.2) is 21.9 Å². The molecule has 0 spiro atoms. The van der Waals surface area contributed by atoms with Gasteiger partial charge in [-0.3, -0.25) is 4.79 Å². The van der Waals surface area contributed by atoms with E-state index in [9.17, 15) is 9.90 Å². The zero-order chi connectivity index (χ0) is 16.7. The molecule has 0 unspecified atom stereocenters. The van der Waals surface area contributed by atoms with Crippen molar-refractivity contribution in [1.82, 2.24) is 9.88 Å². The second-order valence-corrected chi connectivity index (χ2v) is 7.78. The van der Waals surface area contributed by atoms with Crippen molar-refractivity contribution in [2.45, 2.75) is 57.1 Å². The largest absolute Gasteiger partial charge is 0.435 e. The van der Waals surface area contributed by atoms with Crippen LogP contribution in [-0.4, -0.2) is 33.5 Å². The highest BCUT2D eigenvalue weighted by atomic mass is 32.1. The molecule has 2 aliphatic rings. The number of rotatable bonds is 5. The van der Waals surface area contributed by atoms with Crippen molar-refractivity contribution in [2.24, 2.45) is 0 Å². The molecule has 1 N–H and O–H groups in total. The number of aliphatic hydroxyl groups is 1. The summed E-state index contributed by atoms with van der Waals surface area (Å²) in [6.07, 6.45) is 4.17. The molecule has 0 bridgehead atoms.